The Kier molecular flexibility index (Phi) is 11.9. The van der Waals surface area contributed by atoms with Gasteiger partial charge in [-0.25, -0.2) is 0 Å². The molecule has 0 aromatic carbocycles. The van der Waals surface area contributed by atoms with E-state index >= 15 is 0 Å². The number of hydrogen-bond donors (Lipinski definition) is 2. The summed E-state index contributed by atoms with van der Waals surface area (Å²) in [5.74, 6) is -1.15. The lowest BCUT2D eigenvalue weighted by atomic mass is 10.3. The summed E-state index contributed by atoms with van der Waals surface area (Å²) >= 11 is 1.34. The number of imide groups is 1. The van der Waals surface area contributed by atoms with Crippen LogP contribution >= 0.6 is 11.8 Å². The zero-order chi connectivity index (χ0) is 18.5. The number of carbonyl (C=O) groups excluding carboxylic acids is 4. The van der Waals surface area contributed by atoms with E-state index in [1.165, 1.54) is 11.8 Å². The molecule has 24 heavy (non-hydrogen) atoms. The van der Waals surface area contributed by atoms with Gasteiger partial charge in [-0.15, -0.1) is 0 Å². The Labute approximate surface area is 146 Å². The molecular formula is C15H27N3O5S. The van der Waals surface area contributed by atoms with Crippen LogP contribution < -0.4 is 11.1 Å². The number of nitrogens with one attached hydrogen (secondary N) is 1. The first-order chi connectivity index (χ1) is 11.5. The molecule has 1 rings (SSSR count). The Hall–Kier alpha value is -1.61. The van der Waals surface area contributed by atoms with Crippen LogP contribution in [-0.2, 0) is 23.9 Å². The lowest BCUT2D eigenvalue weighted by Crippen LogP contribution is -2.36. The summed E-state index contributed by atoms with van der Waals surface area (Å²) in [4.78, 5) is 46.7. The van der Waals surface area contributed by atoms with E-state index in [2.05, 4.69) is 5.32 Å². The van der Waals surface area contributed by atoms with Crippen LogP contribution in [0.25, 0.3) is 0 Å². The van der Waals surface area contributed by atoms with E-state index in [4.69, 9.17) is 10.5 Å². The maximum atomic E-state index is 11.8. The van der Waals surface area contributed by atoms with Crippen molar-refractivity contribution in [2.75, 3.05) is 32.6 Å². The van der Waals surface area contributed by atoms with Crippen molar-refractivity contribution in [3.05, 3.63) is 0 Å². The van der Waals surface area contributed by atoms with Gasteiger partial charge >= 0.3 is 0 Å². The Balaban J connectivity index is 0.00000254. The number of primary amides is 1. The number of carbonyl (C=O) groups is 4. The number of ether oxygens (including phenoxy) is 1. The van der Waals surface area contributed by atoms with E-state index < -0.39 is 5.91 Å². The number of amides is 4. The monoisotopic (exact) mass is 361 g/mol. The molecule has 0 aromatic heterocycles. The third-order valence-electron chi connectivity index (χ3n) is 3.11. The molecule has 1 aliphatic rings. The van der Waals surface area contributed by atoms with Crippen molar-refractivity contribution in [3.8, 4) is 0 Å². The summed E-state index contributed by atoms with van der Waals surface area (Å²) < 4.78 is 5.10. The summed E-state index contributed by atoms with van der Waals surface area (Å²) in [6.07, 6.45) is 2.20. The van der Waals surface area contributed by atoms with Crippen LogP contribution in [0.2, 0.25) is 0 Å². The second-order valence-electron chi connectivity index (χ2n) is 4.74. The second-order valence-corrected chi connectivity index (χ2v) is 5.78. The minimum Gasteiger partial charge on any atom is -0.379 e. The molecule has 0 aliphatic carbocycles. The highest BCUT2D eigenvalue weighted by Gasteiger charge is 2.37. The van der Waals surface area contributed by atoms with Gasteiger partial charge in [0.25, 0.3) is 0 Å². The minimum atomic E-state index is -0.437. The average molecular weight is 361 g/mol. The predicted molar refractivity (Wildman–Crippen MR) is 92.2 cm³/mol. The van der Waals surface area contributed by atoms with Crippen molar-refractivity contribution in [3.63, 3.8) is 0 Å². The van der Waals surface area contributed by atoms with E-state index in [9.17, 15) is 19.2 Å². The highest BCUT2D eigenvalue weighted by Crippen LogP contribution is 2.22. The fraction of sp³-hybridized carbons (Fsp3) is 0.733. The van der Waals surface area contributed by atoms with Crippen LogP contribution in [0.5, 0.6) is 0 Å². The predicted octanol–water partition coefficient (Wildman–Crippen LogP) is -0.0986. The van der Waals surface area contributed by atoms with E-state index in [1.807, 2.05) is 13.8 Å². The lowest BCUT2D eigenvalue weighted by Gasteiger charge is -2.14. The quantitative estimate of drug-likeness (QED) is 0.414. The summed E-state index contributed by atoms with van der Waals surface area (Å²) in [5, 5.41) is 2.29. The summed E-state index contributed by atoms with van der Waals surface area (Å²) in [6, 6.07) is 0. The number of nitrogens with two attached hydrogens (primary N) is 1. The number of thioether (sulfide) groups is 1. The molecule has 1 unspecified atom stereocenters. The van der Waals surface area contributed by atoms with Crippen molar-refractivity contribution in [2.24, 2.45) is 5.73 Å². The molecule has 1 atom stereocenters. The van der Waals surface area contributed by atoms with E-state index in [1.54, 1.807) is 6.26 Å². The molecule has 0 radical (unpaired) electrons. The highest BCUT2D eigenvalue weighted by atomic mass is 32.2. The van der Waals surface area contributed by atoms with Gasteiger partial charge in [-0.05, 0) is 6.26 Å². The van der Waals surface area contributed by atoms with Gasteiger partial charge in [0.1, 0.15) is 0 Å². The number of likely N-dealkylation sites (tertiary alicyclic amines) is 1. The number of nitrogens with zero attached hydrogens (tertiary/aromatic N) is 1. The molecule has 1 saturated heterocycles. The van der Waals surface area contributed by atoms with Crippen molar-refractivity contribution in [1.82, 2.24) is 10.2 Å². The molecule has 3 N–H and O–H groups in total. The zero-order valence-corrected chi connectivity index (χ0v) is 15.3. The third-order valence-corrected chi connectivity index (χ3v) is 4.05. The SMILES string of the molecule is CC.CSC1CC(=O)N(CCC(=O)NCCOCCC(N)=O)C1=O. The van der Waals surface area contributed by atoms with Crippen molar-refractivity contribution in [1.29, 1.82) is 0 Å². The maximum Gasteiger partial charge on any atom is 0.242 e. The zero-order valence-electron chi connectivity index (χ0n) is 14.5. The van der Waals surface area contributed by atoms with Gasteiger partial charge in [-0.3, -0.25) is 24.1 Å². The summed E-state index contributed by atoms with van der Waals surface area (Å²) in [5.41, 5.74) is 4.95. The molecule has 138 valence electrons. The molecule has 8 nitrogen and oxygen atoms in total. The first-order valence-corrected chi connectivity index (χ1v) is 9.24. The van der Waals surface area contributed by atoms with Gasteiger partial charge in [0.05, 0.1) is 18.5 Å². The fourth-order valence-corrected chi connectivity index (χ4v) is 2.55. The first kappa shape index (κ1) is 22.4. The Bertz CT molecular complexity index is 445. The molecule has 0 bridgehead atoms. The van der Waals surface area contributed by atoms with E-state index in [0.29, 0.717) is 6.54 Å². The Morgan fingerprint density at radius 3 is 2.50 bits per heavy atom. The first-order valence-electron chi connectivity index (χ1n) is 7.95. The maximum absolute atomic E-state index is 11.8. The van der Waals surface area contributed by atoms with Gasteiger partial charge in [0.15, 0.2) is 0 Å². The molecule has 9 heteroatoms. The summed E-state index contributed by atoms with van der Waals surface area (Å²) in [7, 11) is 0. The second kappa shape index (κ2) is 12.8. The molecule has 0 spiro atoms. The van der Waals surface area contributed by atoms with Crippen molar-refractivity contribution in [2.45, 2.75) is 38.4 Å². The average Bonchev–Trinajstić information content (AvgIpc) is 2.84. The molecule has 1 heterocycles. The molecule has 1 aliphatic heterocycles. The van der Waals surface area contributed by atoms with Crippen LogP contribution in [0.1, 0.15) is 33.1 Å². The normalized spacial score (nSPS) is 16.6. The number of rotatable bonds is 10. The van der Waals surface area contributed by atoms with Gasteiger partial charge < -0.3 is 15.8 Å². The van der Waals surface area contributed by atoms with Crippen molar-refractivity contribution < 1.29 is 23.9 Å². The third kappa shape index (κ3) is 8.30. The Morgan fingerprint density at radius 1 is 1.29 bits per heavy atom. The van der Waals surface area contributed by atoms with Crippen LogP contribution in [0, 0.1) is 0 Å². The molecule has 4 amide bonds. The molecular weight excluding hydrogens is 334 g/mol. The topological polar surface area (TPSA) is 119 Å². The van der Waals surface area contributed by atoms with Crippen LogP contribution in [0.4, 0.5) is 0 Å². The van der Waals surface area contributed by atoms with Gasteiger partial charge in [-0.1, -0.05) is 13.8 Å². The minimum absolute atomic E-state index is 0.0693. The van der Waals surface area contributed by atoms with Gasteiger partial charge in [-0.2, -0.15) is 11.8 Å². The van der Waals surface area contributed by atoms with Crippen LogP contribution in [0.15, 0.2) is 0 Å². The molecule has 1 fully saturated rings. The number of hydrogen-bond acceptors (Lipinski definition) is 6. The molecule has 0 aromatic rings. The van der Waals surface area contributed by atoms with Gasteiger partial charge in [0, 0.05) is 32.4 Å². The molecule has 0 saturated carbocycles. The Morgan fingerprint density at radius 2 is 1.96 bits per heavy atom. The highest BCUT2D eigenvalue weighted by molar-refractivity contribution is 8.00. The lowest BCUT2D eigenvalue weighted by molar-refractivity contribution is -0.138. The van der Waals surface area contributed by atoms with Gasteiger partial charge in [0.2, 0.25) is 23.6 Å². The fourth-order valence-electron chi connectivity index (χ4n) is 1.91. The van der Waals surface area contributed by atoms with E-state index in [-0.39, 0.29) is 62.0 Å². The standard InChI is InChI=1S/C13H21N3O5S.C2H6/c1-22-9-8-12(19)16(13(9)20)5-2-11(18)15-4-7-21-6-3-10(14)17;1-2/h9H,2-8H2,1H3,(H2,14,17)(H,15,18);1-2H3. The summed E-state index contributed by atoms with van der Waals surface area (Å²) in [6.45, 7) is 4.89. The van der Waals surface area contributed by atoms with E-state index in [0.717, 1.165) is 4.90 Å². The largest absolute Gasteiger partial charge is 0.379 e. The van der Waals surface area contributed by atoms with Crippen LogP contribution in [-0.4, -0.2) is 66.3 Å². The van der Waals surface area contributed by atoms with Crippen LogP contribution in [0.3, 0.4) is 0 Å². The van der Waals surface area contributed by atoms with Crippen molar-refractivity contribution >= 4 is 35.4 Å². The smallest absolute Gasteiger partial charge is 0.242 e.